The van der Waals surface area contributed by atoms with Crippen molar-refractivity contribution in [3.05, 3.63) is 81.6 Å². The number of para-hydroxylation sites is 1. The van der Waals surface area contributed by atoms with E-state index in [0.29, 0.717) is 16.3 Å². The number of carbonyl (C=O) groups excluding carboxylic acids is 2. The number of hydrogen-bond donors (Lipinski definition) is 1. The van der Waals surface area contributed by atoms with Gasteiger partial charge in [-0.2, -0.15) is 0 Å². The third-order valence-electron chi connectivity index (χ3n) is 4.53. The zero-order chi connectivity index (χ0) is 21.1. The largest absolute Gasteiger partial charge is 0.449 e. The number of nitrogens with one attached hydrogen (secondary N) is 1. The molecule has 7 heteroatoms. The van der Waals surface area contributed by atoms with E-state index in [4.69, 9.17) is 27.9 Å². The molecular weight excluding hydrogens is 411 g/mol. The van der Waals surface area contributed by atoms with Gasteiger partial charge in [0.1, 0.15) is 0 Å². The van der Waals surface area contributed by atoms with Crippen molar-refractivity contribution in [2.75, 3.05) is 5.32 Å². The van der Waals surface area contributed by atoms with Gasteiger partial charge in [-0.1, -0.05) is 47.5 Å². The van der Waals surface area contributed by atoms with Crippen molar-refractivity contribution in [1.82, 2.24) is 4.57 Å². The number of nitrogens with zero attached hydrogens (tertiary/aromatic N) is 1. The number of carbonyl (C=O) groups is 2. The molecule has 1 aromatic heterocycles. The predicted octanol–water partition coefficient (Wildman–Crippen LogP) is 5.58. The molecule has 1 unspecified atom stereocenters. The van der Waals surface area contributed by atoms with Crippen LogP contribution < -0.4 is 5.32 Å². The molecule has 1 atom stereocenters. The second kappa shape index (κ2) is 8.72. The Kier molecular flexibility index (Phi) is 6.30. The van der Waals surface area contributed by atoms with E-state index in [1.165, 1.54) is 6.92 Å². The molecule has 2 aromatic carbocycles. The van der Waals surface area contributed by atoms with Crippen LogP contribution in [0.15, 0.2) is 54.6 Å². The maximum atomic E-state index is 12.7. The van der Waals surface area contributed by atoms with Gasteiger partial charge < -0.3 is 14.6 Å². The Balaban J connectivity index is 1.75. The fraction of sp³-hybridized carbons (Fsp3) is 0.182. The highest BCUT2D eigenvalue weighted by atomic mass is 35.5. The Bertz CT molecular complexity index is 1060. The van der Waals surface area contributed by atoms with Crippen LogP contribution in [0.3, 0.4) is 0 Å². The van der Waals surface area contributed by atoms with Crippen LogP contribution in [0.1, 0.15) is 28.7 Å². The molecule has 150 valence electrons. The van der Waals surface area contributed by atoms with Gasteiger partial charge in [-0.05, 0) is 51.1 Å². The van der Waals surface area contributed by atoms with Gasteiger partial charge in [0.25, 0.3) is 5.91 Å². The molecule has 1 amide bonds. The molecule has 0 radical (unpaired) electrons. The summed E-state index contributed by atoms with van der Waals surface area (Å²) in [5.41, 5.74) is 3.34. The molecule has 0 fully saturated rings. The first-order valence-electron chi connectivity index (χ1n) is 8.99. The van der Waals surface area contributed by atoms with Crippen LogP contribution in [0.4, 0.5) is 5.69 Å². The lowest BCUT2D eigenvalue weighted by atomic mass is 10.2. The molecular formula is C22H20Cl2N2O3. The fourth-order valence-electron chi connectivity index (χ4n) is 3.06. The maximum Gasteiger partial charge on any atom is 0.340 e. The lowest BCUT2D eigenvalue weighted by Gasteiger charge is -2.15. The Morgan fingerprint density at radius 3 is 2.41 bits per heavy atom. The summed E-state index contributed by atoms with van der Waals surface area (Å²) in [6, 6.07) is 16.4. The van der Waals surface area contributed by atoms with Gasteiger partial charge in [-0.15, -0.1) is 0 Å². The number of esters is 1. The summed E-state index contributed by atoms with van der Waals surface area (Å²) in [5.74, 6) is -1.07. The summed E-state index contributed by atoms with van der Waals surface area (Å²) in [4.78, 5) is 25.1. The summed E-state index contributed by atoms with van der Waals surface area (Å²) in [6.45, 7) is 5.25. The number of anilines is 1. The number of aryl methyl sites for hydroxylation is 1. The SMILES string of the molecule is Cc1cc(C(=O)OC(C)C(=O)Nc2cccc(Cl)c2Cl)c(C)n1-c1ccccc1. The Labute approximate surface area is 179 Å². The van der Waals surface area contributed by atoms with Crippen molar-refractivity contribution in [2.24, 2.45) is 0 Å². The number of halogens is 2. The lowest BCUT2D eigenvalue weighted by molar-refractivity contribution is -0.123. The second-order valence-electron chi connectivity index (χ2n) is 6.59. The van der Waals surface area contributed by atoms with Gasteiger partial charge in [0, 0.05) is 17.1 Å². The first-order valence-corrected chi connectivity index (χ1v) is 9.75. The minimum atomic E-state index is -1.02. The number of benzene rings is 2. The number of ether oxygens (including phenoxy) is 1. The van der Waals surface area contributed by atoms with Gasteiger partial charge in [0.2, 0.25) is 0 Å². The third kappa shape index (κ3) is 4.47. The molecule has 0 aliphatic carbocycles. The zero-order valence-corrected chi connectivity index (χ0v) is 17.7. The number of rotatable bonds is 5. The highest BCUT2D eigenvalue weighted by Crippen LogP contribution is 2.29. The van der Waals surface area contributed by atoms with E-state index in [9.17, 15) is 9.59 Å². The molecule has 0 aliphatic rings. The summed E-state index contributed by atoms with van der Waals surface area (Å²) >= 11 is 12.0. The topological polar surface area (TPSA) is 60.3 Å². The molecule has 3 rings (SSSR count). The van der Waals surface area contributed by atoms with Gasteiger partial charge in [-0.3, -0.25) is 4.79 Å². The average molecular weight is 431 g/mol. The van der Waals surface area contributed by atoms with Crippen LogP contribution in [0.2, 0.25) is 10.0 Å². The van der Waals surface area contributed by atoms with E-state index in [-0.39, 0.29) is 5.02 Å². The van der Waals surface area contributed by atoms with Crippen LogP contribution in [0.25, 0.3) is 5.69 Å². The van der Waals surface area contributed by atoms with Crippen LogP contribution in [-0.2, 0) is 9.53 Å². The van der Waals surface area contributed by atoms with Crippen molar-refractivity contribution >= 4 is 40.8 Å². The molecule has 3 aromatic rings. The molecule has 1 heterocycles. The summed E-state index contributed by atoms with van der Waals surface area (Å²) in [6.07, 6.45) is -1.02. The van der Waals surface area contributed by atoms with Crippen LogP contribution >= 0.6 is 23.2 Å². The molecule has 1 N–H and O–H groups in total. The Morgan fingerprint density at radius 2 is 1.72 bits per heavy atom. The summed E-state index contributed by atoms with van der Waals surface area (Å²) in [7, 11) is 0. The van der Waals surface area contributed by atoms with Gasteiger partial charge >= 0.3 is 5.97 Å². The van der Waals surface area contributed by atoms with Crippen molar-refractivity contribution in [3.63, 3.8) is 0 Å². The Hall–Kier alpha value is -2.76. The van der Waals surface area contributed by atoms with Crippen molar-refractivity contribution in [1.29, 1.82) is 0 Å². The van der Waals surface area contributed by atoms with Crippen molar-refractivity contribution in [3.8, 4) is 5.69 Å². The standard InChI is InChI=1S/C22H20Cl2N2O3/c1-13-12-17(14(2)26(13)16-8-5-4-6-9-16)22(28)29-15(3)21(27)25-19-11-7-10-18(23)20(19)24/h4-12,15H,1-3H3,(H,25,27). The number of aromatic nitrogens is 1. The molecule has 0 saturated heterocycles. The average Bonchev–Trinajstić information content (AvgIpc) is 3.00. The Morgan fingerprint density at radius 1 is 1.03 bits per heavy atom. The van der Waals surface area contributed by atoms with Crippen molar-refractivity contribution in [2.45, 2.75) is 26.9 Å². The maximum absolute atomic E-state index is 12.7. The molecule has 0 aliphatic heterocycles. The lowest BCUT2D eigenvalue weighted by Crippen LogP contribution is -2.30. The highest BCUT2D eigenvalue weighted by Gasteiger charge is 2.23. The van der Waals surface area contributed by atoms with Crippen LogP contribution in [-0.4, -0.2) is 22.5 Å². The van der Waals surface area contributed by atoms with Crippen LogP contribution in [0.5, 0.6) is 0 Å². The fourth-order valence-corrected chi connectivity index (χ4v) is 3.40. The van der Waals surface area contributed by atoms with Crippen molar-refractivity contribution < 1.29 is 14.3 Å². The van der Waals surface area contributed by atoms with Crippen LogP contribution in [0, 0.1) is 13.8 Å². The first kappa shape index (κ1) is 21.0. The van der Waals surface area contributed by atoms with E-state index in [1.807, 2.05) is 48.7 Å². The molecule has 29 heavy (non-hydrogen) atoms. The van der Waals surface area contributed by atoms with Gasteiger partial charge in [-0.25, -0.2) is 4.79 Å². The molecule has 0 bridgehead atoms. The number of hydrogen-bond acceptors (Lipinski definition) is 3. The third-order valence-corrected chi connectivity index (χ3v) is 5.35. The van der Waals surface area contributed by atoms with E-state index in [1.54, 1.807) is 24.3 Å². The smallest absolute Gasteiger partial charge is 0.340 e. The van der Waals surface area contributed by atoms with Gasteiger partial charge in [0.15, 0.2) is 6.10 Å². The summed E-state index contributed by atoms with van der Waals surface area (Å²) in [5, 5.41) is 3.18. The minimum Gasteiger partial charge on any atom is -0.449 e. The zero-order valence-electron chi connectivity index (χ0n) is 16.2. The normalized spacial score (nSPS) is 11.8. The molecule has 0 spiro atoms. The molecule has 5 nitrogen and oxygen atoms in total. The second-order valence-corrected chi connectivity index (χ2v) is 7.38. The first-order chi connectivity index (χ1) is 13.8. The van der Waals surface area contributed by atoms with E-state index in [0.717, 1.165) is 17.1 Å². The predicted molar refractivity (Wildman–Crippen MR) is 115 cm³/mol. The minimum absolute atomic E-state index is 0.229. The highest BCUT2D eigenvalue weighted by molar-refractivity contribution is 6.44. The summed E-state index contributed by atoms with van der Waals surface area (Å²) < 4.78 is 7.35. The monoisotopic (exact) mass is 430 g/mol. The van der Waals surface area contributed by atoms with E-state index in [2.05, 4.69) is 5.32 Å². The number of amides is 1. The van der Waals surface area contributed by atoms with E-state index < -0.39 is 18.0 Å². The molecule has 0 saturated carbocycles. The van der Waals surface area contributed by atoms with Gasteiger partial charge in [0.05, 0.1) is 21.3 Å². The quantitative estimate of drug-likeness (QED) is 0.536. The van der Waals surface area contributed by atoms with E-state index >= 15 is 0 Å².